The van der Waals surface area contributed by atoms with Crippen LogP contribution in [0.5, 0.6) is 0 Å². The second-order valence-electron chi connectivity index (χ2n) is 6.64. The van der Waals surface area contributed by atoms with Gasteiger partial charge in [-0.1, -0.05) is 29.3 Å². The Morgan fingerprint density at radius 3 is 2.57 bits per heavy atom. The van der Waals surface area contributed by atoms with E-state index in [0.717, 1.165) is 0 Å². The van der Waals surface area contributed by atoms with Gasteiger partial charge in [-0.2, -0.15) is 5.10 Å². The first kappa shape index (κ1) is 21.7. The molecule has 0 aliphatic rings. The third-order valence-corrected chi connectivity index (χ3v) is 5.22. The second kappa shape index (κ2) is 8.78. The highest BCUT2D eigenvalue weighted by molar-refractivity contribution is 6.35. The van der Waals surface area contributed by atoms with Crippen molar-refractivity contribution in [1.82, 2.24) is 20.1 Å². The molecule has 2 atom stereocenters. The third kappa shape index (κ3) is 4.59. The van der Waals surface area contributed by atoms with Crippen LogP contribution in [0.4, 0.5) is 5.69 Å². The molecule has 3 aromatic rings. The highest BCUT2D eigenvalue weighted by Crippen LogP contribution is 2.34. The summed E-state index contributed by atoms with van der Waals surface area (Å²) in [6, 6.07) is 8.97. The Morgan fingerprint density at radius 1 is 1.30 bits per heavy atom. The second-order valence-corrected chi connectivity index (χ2v) is 7.48. The minimum atomic E-state index is -1.66. The smallest absolute Gasteiger partial charge is 0.269 e. The minimum absolute atomic E-state index is 0.0456. The van der Waals surface area contributed by atoms with E-state index >= 15 is 0 Å². The van der Waals surface area contributed by atoms with Crippen LogP contribution in [0, 0.1) is 10.1 Å². The molecule has 1 aromatic heterocycles. The van der Waals surface area contributed by atoms with Gasteiger partial charge in [0.15, 0.2) is 0 Å². The van der Waals surface area contributed by atoms with Crippen molar-refractivity contribution in [2.24, 2.45) is 0 Å². The van der Waals surface area contributed by atoms with Gasteiger partial charge in [0.05, 0.1) is 17.5 Å². The van der Waals surface area contributed by atoms with Gasteiger partial charge in [-0.3, -0.25) is 14.9 Å². The van der Waals surface area contributed by atoms with Gasteiger partial charge in [-0.25, -0.2) is 9.67 Å². The van der Waals surface area contributed by atoms with E-state index in [1.165, 1.54) is 47.7 Å². The first-order chi connectivity index (χ1) is 14.2. The molecule has 0 radical (unpaired) electrons. The molecule has 1 heterocycles. The number of halogens is 2. The van der Waals surface area contributed by atoms with Crippen molar-refractivity contribution in [3.05, 3.63) is 86.4 Å². The van der Waals surface area contributed by atoms with Crippen LogP contribution in [0.3, 0.4) is 0 Å². The quantitative estimate of drug-likeness (QED) is 0.421. The molecular weight excluding hydrogens is 433 g/mol. The SMILES string of the molecule is C[C@@H](NC(=O)c1ccc([N+](=O)[O-])cc1)[C@](O)(Cn1cncn1)c1ccc(Cl)cc1Cl. The van der Waals surface area contributed by atoms with Crippen molar-refractivity contribution >= 4 is 34.8 Å². The summed E-state index contributed by atoms with van der Waals surface area (Å²) < 4.78 is 1.42. The Kier molecular flexibility index (Phi) is 6.35. The predicted molar refractivity (Wildman–Crippen MR) is 110 cm³/mol. The van der Waals surface area contributed by atoms with E-state index in [4.69, 9.17) is 23.2 Å². The molecule has 0 unspecified atom stereocenters. The summed E-state index contributed by atoms with van der Waals surface area (Å²) in [6.45, 7) is 1.57. The highest BCUT2D eigenvalue weighted by atomic mass is 35.5. The van der Waals surface area contributed by atoms with Crippen molar-refractivity contribution in [3.63, 3.8) is 0 Å². The monoisotopic (exact) mass is 449 g/mol. The number of aromatic nitrogens is 3. The summed E-state index contributed by atoms with van der Waals surface area (Å²) in [7, 11) is 0. The lowest BCUT2D eigenvalue weighted by Gasteiger charge is -2.35. The van der Waals surface area contributed by atoms with Crippen molar-refractivity contribution in [2.45, 2.75) is 25.1 Å². The number of hydrogen-bond acceptors (Lipinski definition) is 6. The van der Waals surface area contributed by atoms with E-state index in [9.17, 15) is 20.0 Å². The number of amides is 1. The van der Waals surface area contributed by atoms with Crippen LogP contribution in [-0.2, 0) is 12.1 Å². The van der Waals surface area contributed by atoms with Crippen molar-refractivity contribution < 1.29 is 14.8 Å². The molecule has 1 amide bonds. The number of aliphatic hydroxyl groups is 1. The first-order valence-electron chi connectivity index (χ1n) is 8.76. The average Bonchev–Trinajstić information content (AvgIpc) is 3.20. The first-order valence-corrected chi connectivity index (χ1v) is 9.52. The standard InChI is InChI=1S/C19H17Cl2N5O4/c1-12(24-18(27)13-2-5-15(6-3-13)26(29)30)19(28,9-25-11-22-10-23-25)16-7-4-14(20)8-17(16)21/h2-8,10-12,28H,9H2,1H3,(H,24,27)/t12-,19-/m1/s1. The summed E-state index contributed by atoms with van der Waals surface area (Å²) in [6.07, 6.45) is 2.75. The molecule has 0 saturated carbocycles. The maximum absolute atomic E-state index is 12.7. The number of nitro groups is 1. The molecule has 0 bridgehead atoms. The van der Waals surface area contributed by atoms with Gasteiger partial charge < -0.3 is 10.4 Å². The van der Waals surface area contributed by atoms with Gasteiger partial charge in [-0.15, -0.1) is 0 Å². The van der Waals surface area contributed by atoms with Crippen LogP contribution in [0.15, 0.2) is 55.1 Å². The molecule has 0 fully saturated rings. The number of nitrogens with zero attached hydrogens (tertiary/aromatic N) is 4. The van der Waals surface area contributed by atoms with Crippen LogP contribution in [0.25, 0.3) is 0 Å². The fourth-order valence-corrected chi connectivity index (χ4v) is 3.56. The Morgan fingerprint density at radius 2 is 2.00 bits per heavy atom. The van der Waals surface area contributed by atoms with E-state index < -0.39 is 22.5 Å². The van der Waals surface area contributed by atoms with E-state index in [0.29, 0.717) is 10.6 Å². The average molecular weight is 450 g/mol. The fraction of sp³-hybridized carbons (Fsp3) is 0.211. The summed E-state index contributed by atoms with van der Waals surface area (Å²) >= 11 is 12.3. The topological polar surface area (TPSA) is 123 Å². The summed E-state index contributed by atoms with van der Waals surface area (Å²) in [5.74, 6) is -0.514. The Labute approximate surface area is 181 Å². The number of benzene rings is 2. The molecular formula is C19H17Cl2N5O4. The van der Waals surface area contributed by atoms with Crippen LogP contribution in [0.2, 0.25) is 10.0 Å². The van der Waals surface area contributed by atoms with Crippen molar-refractivity contribution in [1.29, 1.82) is 0 Å². The van der Waals surface area contributed by atoms with Crippen molar-refractivity contribution in [2.75, 3.05) is 0 Å². The van der Waals surface area contributed by atoms with Gasteiger partial charge >= 0.3 is 0 Å². The number of hydrogen-bond donors (Lipinski definition) is 2. The van der Waals surface area contributed by atoms with Crippen LogP contribution >= 0.6 is 23.2 Å². The zero-order valence-electron chi connectivity index (χ0n) is 15.7. The van der Waals surface area contributed by atoms with E-state index in [2.05, 4.69) is 15.4 Å². The van der Waals surface area contributed by atoms with Gasteiger partial charge in [0.2, 0.25) is 0 Å². The maximum Gasteiger partial charge on any atom is 0.269 e. The zero-order valence-corrected chi connectivity index (χ0v) is 17.2. The number of nitrogens with one attached hydrogen (secondary N) is 1. The molecule has 0 aliphatic heterocycles. The number of non-ortho nitro benzene ring substituents is 1. The molecule has 2 aromatic carbocycles. The van der Waals surface area contributed by atoms with Crippen LogP contribution in [0.1, 0.15) is 22.8 Å². The van der Waals surface area contributed by atoms with Gasteiger partial charge in [0.25, 0.3) is 11.6 Å². The maximum atomic E-state index is 12.7. The predicted octanol–water partition coefficient (Wildman–Crippen LogP) is 3.20. The summed E-state index contributed by atoms with van der Waals surface area (Å²) in [5, 5.41) is 29.7. The van der Waals surface area contributed by atoms with Gasteiger partial charge in [0.1, 0.15) is 18.3 Å². The molecule has 0 aliphatic carbocycles. The number of nitro benzene ring substituents is 1. The Hall–Kier alpha value is -3.01. The van der Waals surface area contributed by atoms with Crippen LogP contribution < -0.4 is 5.32 Å². The molecule has 9 nitrogen and oxygen atoms in total. The fourth-order valence-electron chi connectivity index (χ4n) is 2.99. The van der Waals surface area contributed by atoms with E-state index in [1.54, 1.807) is 19.1 Å². The molecule has 0 spiro atoms. The number of rotatable bonds is 7. The molecule has 156 valence electrons. The van der Waals surface area contributed by atoms with Gasteiger partial charge in [-0.05, 0) is 31.2 Å². The summed E-state index contributed by atoms with van der Waals surface area (Å²) in [5.41, 5.74) is -1.24. The molecule has 11 heteroatoms. The third-order valence-electron chi connectivity index (χ3n) is 4.67. The lowest BCUT2D eigenvalue weighted by atomic mass is 9.86. The molecule has 2 N–H and O–H groups in total. The van der Waals surface area contributed by atoms with Crippen LogP contribution in [-0.4, -0.2) is 36.7 Å². The van der Waals surface area contributed by atoms with E-state index in [-0.39, 0.29) is 22.8 Å². The molecule has 30 heavy (non-hydrogen) atoms. The lowest BCUT2D eigenvalue weighted by Crippen LogP contribution is -2.51. The van der Waals surface area contributed by atoms with Gasteiger partial charge in [0, 0.05) is 33.3 Å². The lowest BCUT2D eigenvalue weighted by molar-refractivity contribution is -0.384. The highest BCUT2D eigenvalue weighted by Gasteiger charge is 2.39. The number of carbonyl (C=O) groups is 1. The Balaban J connectivity index is 1.90. The molecule has 3 rings (SSSR count). The normalized spacial score (nSPS) is 14.0. The van der Waals surface area contributed by atoms with Crippen molar-refractivity contribution in [3.8, 4) is 0 Å². The largest absolute Gasteiger partial charge is 0.381 e. The minimum Gasteiger partial charge on any atom is -0.381 e. The molecule has 0 saturated heterocycles. The summed E-state index contributed by atoms with van der Waals surface area (Å²) in [4.78, 5) is 26.8. The van der Waals surface area contributed by atoms with E-state index in [1.807, 2.05) is 0 Å². The number of carbonyl (C=O) groups excluding carboxylic acids is 1. The Bertz CT molecular complexity index is 1060. The zero-order chi connectivity index (χ0) is 21.9.